The van der Waals surface area contributed by atoms with Gasteiger partial charge in [-0.3, -0.25) is 0 Å². The van der Waals surface area contributed by atoms with Crippen LogP contribution >= 0.6 is 0 Å². The normalized spacial score (nSPS) is 63.2. The summed E-state index contributed by atoms with van der Waals surface area (Å²) in [5.41, 5.74) is -12.2. The molecular weight excluding hydrogens is 252 g/mol. The van der Waals surface area contributed by atoms with Gasteiger partial charge in [-0.15, -0.1) is 0 Å². The Morgan fingerprint density at radius 3 is 0.947 bits per heavy atom. The maximum atomic E-state index is 10.7. The van der Waals surface area contributed by atoms with E-state index in [2.05, 4.69) is 0 Å². The molecule has 1 fully saturated rings. The van der Waals surface area contributed by atoms with E-state index in [0.717, 1.165) is 0 Å². The van der Waals surface area contributed by atoms with Gasteiger partial charge < -0.3 is 30.3 Å². The van der Waals surface area contributed by atoms with Crippen LogP contribution in [0.25, 0.3) is 0 Å². The number of hydrogen-bond acceptors (Lipinski definition) is 6. The molecule has 5 N–H and O–H groups in total. The maximum absolute atomic E-state index is 10.7. The van der Waals surface area contributed by atoms with Crippen LogP contribution < -0.4 is 0 Å². The van der Waals surface area contributed by atoms with Gasteiger partial charge in [0, 0.05) is 7.11 Å². The number of methoxy groups -OCH3 is 1. The highest BCUT2D eigenvalue weighted by atomic mass is 16.5. The van der Waals surface area contributed by atoms with Crippen LogP contribution in [0.4, 0.5) is 0 Å². The van der Waals surface area contributed by atoms with Crippen molar-refractivity contribution in [3.63, 3.8) is 0 Å². The average Bonchev–Trinajstić information content (AvgIpc) is 2.24. The molecule has 6 nitrogen and oxygen atoms in total. The van der Waals surface area contributed by atoms with Gasteiger partial charge in [0.05, 0.1) is 0 Å². The molecule has 0 amide bonds. The quantitative estimate of drug-likeness (QED) is 0.428. The third-order valence-corrected chi connectivity index (χ3v) is 6.06. The lowest BCUT2D eigenvalue weighted by Crippen LogP contribution is -2.91. The number of hydrogen-bond donors (Lipinski definition) is 5. The van der Waals surface area contributed by atoms with Crippen LogP contribution in [0.1, 0.15) is 41.5 Å². The largest absolute Gasteiger partial charge is 0.384 e. The number of ether oxygens (including phenoxy) is 1. The SMILES string of the molecule is COC1(C)C(C)(O)C(C)(O)C(C)(O)C(C)(O)C1(C)O. The molecule has 0 radical (unpaired) electrons. The van der Waals surface area contributed by atoms with Gasteiger partial charge in [0.15, 0.2) is 0 Å². The summed E-state index contributed by atoms with van der Waals surface area (Å²) in [5, 5.41) is 53.2. The summed E-state index contributed by atoms with van der Waals surface area (Å²) in [6.07, 6.45) is 0. The van der Waals surface area contributed by atoms with Crippen LogP contribution in [0.3, 0.4) is 0 Å². The number of aliphatic hydroxyl groups is 5. The predicted molar refractivity (Wildman–Crippen MR) is 68.5 cm³/mol. The van der Waals surface area contributed by atoms with Crippen LogP contribution in [0, 0.1) is 0 Å². The van der Waals surface area contributed by atoms with Crippen LogP contribution in [0.5, 0.6) is 0 Å². The van der Waals surface area contributed by atoms with Gasteiger partial charge in [-0.2, -0.15) is 0 Å². The minimum Gasteiger partial charge on any atom is -0.384 e. The lowest BCUT2D eigenvalue weighted by atomic mass is 9.47. The van der Waals surface area contributed by atoms with Gasteiger partial charge in [0.2, 0.25) is 0 Å². The zero-order chi connectivity index (χ0) is 15.7. The Bertz CT molecular complexity index is 351. The fourth-order valence-electron chi connectivity index (χ4n) is 3.22. The van der Waals surface area contributed by atoms with Crippen molar-refractivity contribution in [1.82, 2.24) is 0 Å². The molecule has 1 aliphatic rings. The van der Waals surface area contributed by atoms with Crippen molar-refractivity contribution in [3.05, 3.63) is 0 Å². The van der Waals surface area contributed by atoms with Crippen LogP contribution in [-0.4, -0.2) is 66.2 Å². The topological polar surface area (TPSA) is 110 Å². The average molecular weight is 278 g/mol. The highest BCUT2D eigenvalue weighted by Gasteiger charge is 2.81. The number of rotatable bonds is 1. The van der Waals surface area contributed by atoms with Crippen LogP contribution in [-0.2, 0) is 4.74 Å². The van der Waals surface area contributed by atoms with E-state index in [1.807, 2.05) is 0 Å². The van der Waals surface area contributed by atoms with Crippen molar-refractivity contribution >= 4 is 0 Å². The van der Waals surface area contributed by atoms with Crippen molar-refractivity contribution in [2.45, 2.75) is 75.1 Å². The molecular formula is C13H26O6. The van der Waals surface area contributed by atoms with E-state index in [-0.39, 0.29) is 0 Å². The van der Waals surface area contributed by atoms with Crippen molar-refractivity contribution in [3.8, 4) is 0 Å². The second kappa shape index (κ2) is 3.69. The van der Waals surface area contributed by atoms with E-state index in [0.29, 0.717) is 0 Å². The molecule has 0 spiro atoms. The Morgan fingerprint density at radius 1 is 0.526 bits per heavy atom. The molecule has 0 aromatic rings. The highest BCUT2D eigenvalue weighted by Crippen LogP contribution is 2.58. The van der Waals surface area contributed by atoms with Gasteiger partial charge in [-0.25, -0.2) is 0 Å². The lowest BCUT2D eigenvalue weighted by Gasteiger charge is -2.69. The smallest absolute Gasteiger partial charge is 0.127 e. The Labute approximate surface area is 113 Å². The third-order valence-electron chi connectivity index (χ3n) is 6.06. The zero-order valence-electron chi connectivity index (χ0n) is 12.6. The van der Waals surface area contributed by atoms with Crippen molar-refractivity contribution in [2.75, 3.05) is 7.11 Å². The van der Waals surface area contributed by atoms with Gasteiger partial charge in [0.25, 0.3) is 0 Å². The molecule has 0 aliphatic heterocycles. The van der Waals surface area contributed by atoms with E-state index in [1.165, 1.54) is 48.7 Å². The molecule has 0 saturated heterocycles. The van der Waals surface area contributed by atoms with Gasteiger partial charge in [-0.05, 0) is 41.5 Å². The first kappa shape index (κ1) is 16.8. The monoisotopic (exact) mass is 278 g/mol. The summed E-state index contributed by atoms with van der Waals surface area (Å²) < 4.78 is 5.24. The molecule has 0 heterocycles. The lowest BCUT2D eigenvalue weighted by molar-refractivity contribution is -0.419. The molecule has 1 saturated carbocycles. The van der Waals surface area contributed by atoms with Crippen LogP contribution in [0.2, 0.25) is 0 Å². The standard InChI is InChI=1S/C13H26O6/c1-8(14)9(2,15)11(4,17)13(6,19-7)12(5,18)10(8,3)16/h14-18H,1-7H3. The fourth-order valence-corrected chi connectivity index (χ4v) is 3.22. The minimum atomic E-state index is -2.18. The van der Waals surface area contributed by atoms with Crippen molar-refractivity contribution in [2.24, 2.45) is 0 Å². The molecule has 0 bridgehead atoms. The summed E-state index contributed by atoms with van der Waals surface area (Å²) in [6.45, 7) is 7.47. The van der Waals surface area contributed by atoms with E-state index in [4.69, 9.17) is 4.74 Å². The van der Waals surface area contributed by atoms with Gasteiger partial charge in [-0.1, -0.05) is 0 Å². The first-order valence-electron chi connectivity index (χ1n) is 6.23. The fraction of sp³-hybridized carbons (Fsp3) is 1.00. The van der Waals surface area contributed by atoms with Gasteiger partial charge in [0.1, 0.15) is 33.6 Å². The van der Waals surface area contributed by atoms with Crippen molar-refractivity contribution < 1.29 is 30.3 Å². The molecule has 0 aromatic heterocycles. The first-order valence-corrected chi connectivity index (χ1v) is 6.23. The Kier molecular flexibility index (Phi) is 3.27. The summed E-state index contributed by atoms with van der Waals surface area (Å²) >= 11 is 0. The van der Waals surface area contributed by atoms with E-state index >= 15 is 0 Å². The second-order valence-electron chi connectivity index (χ2n) is 6.60. The molecule has 114 valence electrons. The minimum absolute atomic E-state index is 1.17. The summed E-state index contributed by atoms with van der Waals surface area (Å²) in [5.74, 6) is 0. The summed E-state index contributed by atoms with van der Waals surface area (Å²) in [4.78, 5) is 0. The molecule has 4 unspecified atom stereocenters. The predicted octanol–water partition coefficient (Wildman–Crippen LogP) is -0.840. The van der Waals surface area contributed by atoms with E-state index in [9.17, 15) is 25.5 Å². The molecule has 19 heavy (non-hydrogen) atoms. The Balaban J connectivity index is 3.76. The van der Waals surface area contributed by atoms with E-state index < -0.39 is 33.6 Å². The molecule has 4 atom stereocenters. The van der Waals surface area contributed by atoms with Crippen LogP contribution in [0.15, 0.2) is 0 Å². The highest BCUT2D eigenvalue weighted by molar-refractivity contribution is 5.32. The second-order valence-corrected chi connectivity index (χ2v) is 6.60. The van der Waals surface area contributed by atoms with E-state index in [1.54, 1.807) is 0 Å². The molecule has 0 aromatic carbocycles. The molecule has 1 rings (SSSR count). The first-order chi connectivity index (χ1) is 8.06. The Morgan fingerprint density at radius 2 is 0.737 bits per heavy atom. The van der Waals surface area contributed by atoms with Crippen molar-refractivity contribution in [1.29, 1.82) is 0 Å². The Hall–Kier alpha value is -0.240. The zero-order valence-corrected chi connectivity index (χ0v) is 12.6. The third kappa shape index (κ3) is 1.37. The maximum Gasteiger partial charge on any atom is 0.127 e. The summed E-state index contributed by atoms with van der Waals surface area (Å²) in [6, 6.07) is 0. The molecule has 1 aliphatic carbocycles. The summed E-state index contributed by atoms with van der Waals surface area (Å²) in [7, 11) is 1.26. The molecule has 6 heteroatoms. The van der Waals surface area contributed by atoms with Gasteiger partial charge >= 0.3 is 0 Å².